The molecule has 9 heteroatoms. The molecule has 2 unspecified atom stereocenters. The van der Waals surface area contributed by atoms with Crippen molar-refractivity contribution in [2.45, 2.75) is 30.3 Å². The number of rotatable bonds is 7. The highest BCUT2D eigenvalue weighted by atomic mass is 32.2. The summed E-state index contributed by atoms with van der Waals surface area (Å²) >= 11 is 1.36. The molecule has 25 heavy (non-hydrogen) atoms. The van der Waals surface area contributed by atoms with E-state index in [1.165, 1.54) is 11.8 Å². The van der Waals surface area contributed by atoms with E-state index in [2.05, 4.69) is 20.5 Å². The molecule has 2 aromatic rings. The van der Waals surface area contributed by atoms with Gasteiger partial charge in [0.2, 0.25) is 5.91 Å². The Balaban J connectivity index is 1.48. The maximum Gasteiger partial charge on any atom is 0.230 e. The molecule has 0 saturated carbocycles. The number of thioether (sulfide) groups is 1. The Bertz CT molecular complexity index is 681. The highest BCUT2D eigenvalue weighted by Crippen LogP contribution is 2.16. The van der Waals surface area contributed by atoms with Crippen LogP contribution in [0, 0.1) is 0 Å². The Kier molecular flexibility index (Phi) is 6.37. The van der Waals surface area contributed by atoms with Gasteiger partial charge in [-0.2, -0.15) is 0 Å². The van der Waals surface area contributed by atoms with Crippen LogP contribution in [-0.2, 0) is 27.9 Å². The molecule has 1 saturated heterocycles. The van der Waals surface area contributed by atoms with Gasteiger partial charge in [0.15, 0.2) is 5.16 Å². The Morgan fingerprint density at radius 3 is 3.20 bits per heavy atom. The van der Waals surface area contributed by atoms with Crippen molar-refractivity contribution in [1.82, 2.24) is 25.1 Å². The van der Waals surface area contributed by atoms with E-state index in [1.807, 2.05) is 25.2 Å². The van der Waals surface area contributed by atoms with Gasteiger partial charge in [0.25, 0.3) is 0 Å². The number of ether oxygens (including phenoxy) is 2. The summed E-state index contributed by atoms with van der Waals surface area (Å²) in [5.74, 6) is 0.239. The summed E-state index contributed by atoms with van der Waals surface area (Å²) in [6, 6.07) is 5.64. The predicted molar refractivity (Wildman–Crippen MR) is 91.9 cm³/mol. The van der Waals surface area contributed by atoms with E-state index < -0.39 is 0 Å². The largest absolute Gasteiger partial charge is 0.379 e. The Hall–Kier alpha value is -1.97. The molecule has 2 atom stereocenters. The minimum absolute atomic E-state index is 0.0497. The van der Waals surface area contributed by atoms with Crippen LogP contribution < -0.4 is 5.32 Å². The number of aromatic nitrogens is 4. The molecule has 0 aliphatic carbocycles. The first-order valence-corrected chi connectivity index (χ1v) is 9.06. The third-order valence-electron chi connectivity index (χ3n) is 3.82. The van der Waals surface area contributed by atoms with Crippen molar-refractivity contribution in [2.75, 3.05) is 19.0 Å². The van der Waals surface area contributed by atoms with Gasteiger partial charge in [-0.3, -0.25) is 9.78 Å². The van der Waals surface area contributed by atoms with Gasteiger partial charge in [-0.1, -0.05) is 17.8 Å². The summed E-state index contributed by atoms with van der Waals surface area (Å²) in [6.45, 7) is 1.48. The smallest absolute Gasteiger partial charge is 0.230 e. The first-order chi connectivity index (χ1) is 12.2. The van der Waals surface area contributed by atoms with Crippen molar-refractivity contribution in [2.24, 2.45) is 7.05 Å². The van der Waals surface area contributed by atoms with Gasteiger partial charge in [0.05, 0.1) is 30.7 Å². The molecule has 1 fully saturated rings. The number of carbonyl (C=O) groups is 1. The lowest BCUT2D eigenvalue weighted by atomic mass is 10.1. The first kappa shape index (κ1) is 17.8. The highest BCUT2D eigenvalue weighted by molar-refractivity contribution is 7.99. The second kappa shape index (κ2) is 8.93. The fraction of sp³-hybridized carbons (Fsp3) is 0.500. The first-order valence-electron chi connectivity index (χ1n) is 8.08. The molecule has 134 valence electrons. The number of carbonyl (C=O) groups excluding carboxylic acids is 1. The molecule has 0 aromatic carbocycles. The monoisotopic (exact) mass is 363 g/mol. The molecule has 1 N–H and O–H groups in total. The molecule has 3 heterocycles. The summed E-state index contributed by atoms with van der Waals surface area (Å²) in [5.41, 5.74) is 0.857. The molecule has 0 radical (unpaired) electrons. The lowest BCUT2D eigenvalue weighted by molar-refractivity contribution is -0.124. The third kappa shape index (κ3) is 5.25. The number of amides is 1. The van der Waals surface area contributed by atoms with Crippen LogP contribution in [0.15, 0.2) is 35.9 Å². The number of hydrogen-bond acceptors (Lipinski definition) is 7. The average Bonchev–Trinajstić information content (AvgIpc) is 3.05. The van der Waals surface area contributed by atoms with E-state index in [0.29, 0.717) is 25.0 Å². The number of hydrogen-bond donors (Lipinski definition) is 1. The number of nitrogens with zero attached hydrogens (tertiary/aromatic N) is 4. The van der Waals surface area contributed by atoms with Crippen LogP contribution in [0.2, 0.25) is 0 Å². The molecule has 0 spiro atoms. The molecule has 3 rings (SSSR count). The van der Waals surface area contributed by atoms with E-state index in [4.69, 9.17) is 9.47 Å². The standard InChI is InChI=1S/C16H21N5O3S/c1-21-11-18-20-16(21)25-10-15(22)19-13-5-7-23-9-14(13)24-8-12-4-2-3-6-17-12/h2-4,6,11,13-14H,5,7-10H2,1H3,(H,19,22). The lowest BCUT2D eigenvalue weighted by Gasteiger charge is -2.32. The van der Waals surface area contributed by atoms with E-state index in [0.717, 1.165) is 12.1 Å². The van der Waals surface area contributed by atoms with E-state index in [1.54, 1.807) is 17.1 Å². The predicted octanol–water partition coefficient (Wildman–Crippen LogP) is 0.793. The summed E-state index contributed by atoms with van der Waals surface area (Å²) in [7, 11) is 1.85. The topological polar surface area (TPSA) is 91.2 Å². The number of aryl methyl sites for hydroxylation is 1. The van der Waals surface area contributed by atoms with E-state index in [-0.39, 0.29) is 23.8 Å². The van der Waals surface area contributed by atoms with Crippen molar-refractivity contribution < 1.29 is 14.3 Å². The van der Waals surface area contributed by atoms with Crippen molar-refractivity contribution in [1.29, 1.82) is 0 Å². The van der Waals surface area contributed by atoms with Gasteiger partial charge in [-0.15, -0.1) is 10.2 Å². The molecule has 1 aliphatic heterocycles. The van der Waals surface area contributed by atoms with Gasteiger partial charge in [-0.25, -0.2) is 0 Å². The van der Waals surface area contributed by atoms with Gasteiger partial charge in [0.1, 0.15) is 12.4 Å². The zero-order valence-corrected chi connectivity index (χ0v) is 14.8. The highest BCUT2D eigenvalue weighted by Gasteiger charge is 2.28. The molecular formula is C16H21N5O3S. The molecule has 8 nitrogen and oxygen atoms in total. The summed E-state index contributed by atoms with van der Waals surface area (Å²) < 4.78 is 13.2. The van der Waals surface area contributed by atoms with Crippen LogP contribution in [0.4, 0.5) is 0 Å². The van der Waals surface area contributed by atoms with Gasteiger partial charge < -0.3 is 19.4 Å². The SMILES string of the molecule is Cn1cnnc1SCC(=O)NC1CCOCC1OCc1ccccn1. The zero-order valence-electron chi connectivity index (χ0n) is 14.0. The normalized spacial score (nSPS) is 20.4. The van der Waals surface area contributed by atoms with Crippen LogP contribution in [0.1, 0.15) is 12.1 Å². The number of pyridine rings is 1. The molecule has 1 aliphatic rings. The fourth-order valence-electron chi connectivity index (χ4n) is 2.50. The van der Waals surface area contributed by atoms with E-state index >= 15 is 0 Å². The average molecular weight is 363 g/mol. The van der Waals surface area contributed by atoms with E-state index in [9.17, 15) is 4.79 Å². The Morgan fingerprint density at radius 2 is 2.44 bits per heavy atom. The van der Waals surface area contributed by atoms with Crippen LogP contribution in [-0.4, -0.2) is 56.8 Å². The van der Waals surface area contributed by atoms with Gasteiger partial charge >= 0.3 is 0 Å². The van der Waals surface area contributed by atoms with Crippen molar-refractivity contribution in [3.63, 3.8) is 0 Å². The minimum atomic E-state index is -0.181. The zero-order chi connectivity index (χ0) is 17.5. The summed E-state index contributed by atoms with van der Waals surface area (Å²) in [4.78, 5) is 16.5. The van der Waals surface area contributed by atoms with Crippen molar-refractivity contribution >= 4 is 17.7 Å². The summed E-state index contributed by atoms with van der Waals surface area (Å²) in [6.07, 6.45) is 3.89. The van der Waals surface area contributed by atoms with Gasteiger partial charge in [0, 0.05) is 19.9 Å². The van der Waals surface area contributed by atoms with Crippen LogP contribution in [0.5, 0.6) is 0 Å². The Labute approximate surface area is 150 Å². The maximum absolute atomic E-state index is 12.2. The van der Waals surface area contributed by atoms with Crippen molar-refractivity contribution in [3.8, 4) is 0 Å². The van der Waals surface area contributed by atoms with Crippen molar-refractivity contribution in [3.05, 3.63) is 36.4 Å². The van der Waals surface area contributed by atoms with Crippen LogP contribution in [0.25, 0.3) is 0 Å². The lowest BCUT2D eigenvalue weighted by Crippen LogP contribution is -2.50. The van der Waals surface area contributed by atoms with Crippen LogP contribution >= 0.6 is 11.8 Å². The summed E-state index contributed by atoms with van der Waals surface area (Å²) in [5, 5.41) is 11.5. The van der Waals surface area contributed by atoms with Crippen LogP contribution in [0.3, 0.4) is 0 Å². The third-order valence-corrected chi connectivity index (χ3v) is 4.86. The molecular weight excluding hydrogens is 342 g/mol. The Morgan fingerprint density at radius 1 is 1.52 bits per heavy atom. The quantitative estimate of drug-likeness (QED) is 0.727. The van der Waals surface area contributed by atoms with Gasteiger partial charge in [-0.05, 0) is 18.6 Å². The molecule has 2 aromatic heterocycles. The second-order valence-corrected chi connectivity index (χ2v) is 6.66. The number of nitrogens with one attached hydrogen (secondary N) is 1. The minimum Gasteiger partial charge on any atom is -0.379 e. The molecule has 0 bridgehead atoms. The second-order valence-electron chi connectivity index (χ2n) is 5.72. The maximum atomic E-state index is 12.2. The fourth-order valence-corrected chi connectivity index (χ4v) is 3.20. The molecule has 1 amide bonds.